The number of carbonyl (C=O) groups is 2. The summed E-state index contributed by atoms with van der Waals surface area (Å²) in [6.07, 6.45) is 5.67. The van der Waals surface area contributed by atoms with Crippen LogP contribution < -0.4 is 16.4 Å². The molecule has 5 nitrogen and oxygen atoms in total. The van der Waals surface area contributed by atoms with Crippen LogP contribution in [0.5, 0.6) is 0 Å². The first-order valence-corrected chi connectivity index (χ1v) is 8.44. The standard InChI is InChI=1S/C17H31N3O2/c1-15(2)10-12(11-16(3,4)20-15)9-13(21)19-17(14(18)22)7-5-6-8-17/h12,20H,5-11H2,1-4H3,(H2,18,22)(H,19,21). The molecule has 4 N–H and O–H groups in total. The third kappa shape index (κ3) is 4.00. The van der Waals surface area contributed by atoms with E-state index >= 15 is 0 Å². The minimum Gasteiger partial charge on any atom is -0.368 e. The lowest BCUT2D eigenvalue weighted by Crippen LogP contribution is -2.59. The Balaban J connectivity index is 1.98. The molecule has 0 unspecified atom stereocenters. The maximum Gasteiger partial charge on any atom is 0.243 e. The van der Waals surface area contributed by atoms with E-state index in [1.165, 1.54) is 0 Å². The van der Waals surface area contributed by atoms with E-state index in [4.69, 9.17) is 5.73 Å². The van der Waals surface area contributed by atoms with Gasteiger partial charge in [-0.1, -0.05) is 12.8 Å². The molecular formula is C17H31N3O2. The monoisotopic (exact) mass is 309 g/mol. The summed E-state index contributed by atoms with van der Waals surface area (Å²) >= 11 is 0. The second kappa shape index (κ2) is 5.84. The van der Waals surface area contributed by atoms with Crippen molar-refractivity contribution >= 4 is 11.8 Å². The van der Waals surface area contributed by atoms with Crippen LogP contribution in [0.1, 0.15) is 72.6 Å². The fourth-order valence-electron chi connectivity index (χ4n) is 4.67. The lowest BCUT2D eigenvalue weighted by atomic mass is 9.74. The van der Waals surface area contributed by atoms with Gasteiger partial charge in [0, 0.05) is 17.5 Å². The van der Waals surface area contributed by atoms with Gasteiger partial charge in [0.25, 0.3) is 0 Å². The van der Waals surface area contributed by atoms with E-state index in [-0.39, 0.29) is 22.9 Å². The molecule has 0 radical (unpaired) electrons. The number of rotatable bonds is 4. The Kier molecular flexibility index (Phi) is 4.58. The van der Waals surface area contributed by atoms with E-state index in [1.54, 1.807) is 0 Å². The van der Waals surface area contributed by atoms with E-state index in [1.807, 2.05) is 0 Å². The molecule has 0 aromatic rings. The summed E-state index contributed by atoms with van der Waals surface area (Å²) < 4.78 is 0. The van der Waals surface area contributed by atoms with Crippen LogP contribution in [0, 0.1) is 5.92 Å². The predicted molar refractivity (Wildman–Crippen MR) is 87.2 cm³/mol. The molecule has 1 saturated heterocycles. The number of hydrogen-bond acceptors (Lipinski definition) is 3. The molecular weight excluding hydrogens is 278 g/mol. The number of nitrogens with two attached hydrogens (primary N) is 1. The van der Waals surface area contributed by atoms with Crippen molar-refractivity contribution in [3.8, 4) is 0 Å². The fraction of sp³-hybridized carbons (Fsp3) is 0.882. The number of hydrogen-bond donors (Lipinski definition) is 3. The van der Waals surface area contributed by atoms with Gasteiger partial charge in [0.1, 0.15) is 5.54 Å². The highest BCUT2D eigenvalue weighted by molar-refractivity contribution is 5.90. The van der Waals surface area contributed by atoms with Crippen molar-refractivity contribution in [1.29, 1.82) is 0 Å². The smallest absolute Gasteiger partial charge is 0.243 e. The summed E-state index contributed by atoms with van der Waals surface area (Å²) in [5, 5.41) is 6.59. The van der Waals surface area contributed by atoms with Crippen LogP contribution in [-0.2, 0) is 9.59 Å². The molecule has 0 spiro atoms. The second-order valence-corrected chi connectivity index (χ2v) is 8.57. The van der Waals surface area contributed by atoms with E-state index < -0.39 is 5.54 Å². The van der Waals surface area contributed by atoms with Crippen LogP contribution in [0.4, 0.5) is 0 Å². The number of primary amides is 1. The Hall–Kier alpha value is -1.10. The van der Waals surface area contributed by atoms with Gasteiger partial charge in [-0.2, -0.15) is 0 Å². The van der Waals surface area contributed by atoms with Crippen LogP contribution in [0.15, 0.2) is 0 Å². The molecule has 0 atom stereocenters. The van der Waals surface area contributed by atoms with Crippen molar-refractivity contribution in [1.82, 2.24) is 10.6 Å². The van der Waals surface area contributed by atoms with Crippen LogP contribution in [0.25, 0.3) is 0 Å². The highest BCUT2D eigenvalue weighted by atomic mass is 16.2. The van der Waals surface area contributed by atoms with E-state index in [9.17, 15) is 9.59 Å². The minimum absolute atomic E-state index is 0.0285. The first kappa shape index (κ1) is 17.3. The van der Waals surface area contributed by atoms with Gasteiger partial charge in [-0.3, -0.25) is 9.59 Å². The molecule has 0 bridgehead atoms. The minimum atomic E-state index is -0.797. The first-order valence-electron chi connectivity index (χ1n) is 8.44. The number of piperidine rings is 1. The van der Waals surface area contributed by atoms with Gasteiger partial charge in [0.2, 0.25) is 11.8 Å². The fourth-order valence-corrected chi connectivity index (χ4v) is 4.67. The summed E-state index contributed by atoms with van der Waals surface area (Å²) in [5.41, 5.74) is 4.80. The Morgan fingerprint density at radius 2 is 1.59 bits per heavy atom. The van der Waals surface area contributed by atoms with Crippen molar-refractivity contribution in [3.05, 3.63) is 0 Å². The highest BCUT2D eigenvalue weighted by Crippen LogP contribution is 2.35. The highest BCUT2D eigenvalue weighted by Gasteiger charge is 2.42. The summed E-state index contributed by atoms with van der Waals surface area (Å²) in [6.45, 7) is 8.72. The lowest BCUT2D eigenvalue weighted by molar-refractivity contribution is -0.132. The SMILES string of the molecule is CC1(C)CC(CC(=O)NC2(C(N)=O)CCCC2)CC(C)(C)N1. The zero-order chi connectivity index (χ0) is 16.6. The maximum atomic E-state index is 12.5. The molecule has 2 fully saturated rings. The van der Waals surface area contributed by atoms with Crippen LogP contribution >= 0.6 is 0 Å². The molecule has 22 heavy (non-hydrogen) atoms. The van der Waals surface area contributed by atoms with Crippen LogP contribution in [-0.4, -0.2) is 28.4 Å². The Morgan fingerprint density at radius 3 is 2.05 bits per heavy atom. The van der Waals surface area contributed by atoms with Crippen molar-refractivity contribution in [2.75, 3.05) is 0 Å². The van der Waals surface area contributed by atoms with Crippen molar-refractivity contribution in [3.63, 3.8) is 0 Å². The number of amides is 2. The van der Waals surface area contributed by atoms with Crippen LogP contribution in [0.3, 0.4) is 0 Å². The van der Waals surface area contributed by atoms with E-state index in [0.717, 1.165) is 25.7 Å². The lowest BCUT2D eigenvalue weighted by Gasteiger charge is -2.46. The van der Waals surface area contributed by atoms with Gasteiger partial charge in [-0.05, 0) is 59.3 Å². The number of carbonyl (C=O) groups excluding carboxylic acids is 2. The normalized spacial score (nSPS) is 26.5. The molecule has 2 aliphatic rings. The zero-order valence-electron chi connectivity index (χ0n) is 14.4. The average molecular weight is 309 g/mol. The molecule has 1 saturated carbocycles. The molecule has 5 heteroatoms. The maximum absolute atomic E-state index is 12.5. The Bertz CT molecular complexity index is 435. The molecule has 126 valence electrons. The van der Waals surface area contributed by atoms with Crippen LogP contribution in [0.2, 0.25) is 0 Å². The molecule has 2 amide bonds. The third-order valence-corrected chi connectivity index (χ3v) is 5.06. The summed E-state index contributed by atoms with van der Waals surface area (Å²) in [5.74, 6) is -0.0823. The molecule has 1 aliphatic carbocycles. The van der Waals surface area contributed by atoms with E-state index in [0.29, 0.717) is 25.2 Å². The predicted octanol–water partition coefficient (Wildman–Crippen LogP) is 1.85. The molecule has 0 aromatic carbocycles. The Morgan fingerprint density at radius 1 is 1.09 bits per heavy atom. The van der Waals surface area contributed by atoms with E-state index in [2.05, 4.69) is 38.3 Å². The van der Waals surface area contributed by atoms with Gasteiger partial charge in [0.05, 0.1) is 0 Å². The zero-order valence-corrected chi connectivity index (χ0v) is 14.4. The van der Waals surface area contributed by atoms with Gasteiger partial charge >= 0.3 is 0 Å². The van der Waals surface area contributed by atoms with Gasteiger partial charge in [-0.25, -0.2) is 0 Å². The van der Waals surface area contributed by atoms with Gasteiger partial charge in [0.15, 0.2) is 0 Å². The largest absolute Gasteiger partial charge is 0.368 e. The molecule has 2 rings (SSSR count). The molecule has 1 heterocycles. The summed E-state index contributed by atoms with van der Waals surface area (Å²) in [7, 11) is 0. The van der Waals surface area contributed by atoms with Gasteiger partial charge in [-0.15, -0.1) is 0 Å². The molecule has 0 aromatic heterocycles. The second-order valence-electron chi connectivity index (χ2n) is 8.57. The number of nitrogens with one attached hydrogen (secondary N) is 2. The van der Waals surface area contributed by atoms with Crippen molar-refractivity contribution in [2.45, 2.75) is 89.3 Å². The topological polar surface area (TPSA) is 84.2 Å². The first-order chi connectivity index (χ1) is 10.0. The summed E-state index contributed by atoms with van der Waals surface area (Å²) in [6, 6.07) is 0. The third-order valence-electron chi connectivity index (χ3n) is 5.06. The molecule has 1 aliphatic heterocycles. The quantitative estimate of drug-likeness (QED) is 0.741. The van der Waals surface area contributed by atoms with Crippen molar-refractivity contribution < 1.29 is 9.59 Å². The van der Waals surface area contributed by atoms with Crippen molar-refractivity contribution in [2.24, 2.45) is 11.7 Å². The average Bonchev–Trinajstić information content (AvgIpc) is 2.73. The Labute approximate surface area is 133 Å². The van der Waals surface area contributed by atoms with Gasteiger partial charge < -0.3 is 16.4 Å². The summed E-state index contributed by atoms with van der Waals surface area (Å²) in [4.78, 5) is 24.2.